The maximum absolute atomic E-state index is 12.3. The van der Waals surface area contributed by atoms with Crippen LogP contribution in [0, 0.1) is 5.92 Å². The van der Waals surface area contributed by atoms with E-state index in [1.807, 2.05) is 11.0 Å². The molecule has 4 heterocycles. The first-order valence-corrected chi connectivity index (χ1v) is 8.77. The monoisotopic (exact) mass is 329 g/mol. The summed E-state index contributed by atoms with van der Waals surface area (Å²) in [5.41, 5.74) is 0.242. The van der Waals surface area contributed by atoms with Crippen LogP contribution in [0.4, 0.5) is 0 Å². The molecule has 24 heavy (non-hydrogen) atoms. The molecule has 128 valence electrons. The third kappa shape index (κ3) is 2.90. The largest absolute Gasteiger partial charge is 0.371 e. The Morgan fingerprint density at radius 3 is 2.71 bits per heavy atom. The number of amides is 2. The molecule has 4 rings (SSSR count). The van der Waals surface area contributed by atoms with Crippen LogP contribution in [0.1, 0.15) is 36.2 Å². The van der Waals surface area contributed by atoms with Crippen molar-refractivity contribution in [2.45, 2.75) is 31.3 Å². The van der Waals surface area contributed by atoms with Gasteiger partial charge in [0.05, 0.1) is 19.7 Å². The number of hydrogen-bond donors (Lipinski definition) is 0. The van der Waals surface area contributed by atoms with Gasteiger partial charge in [0, 0.05) is 25.7 Å². The topological polar surface area (TPSA) is 62.7 Å². The summed E-state index contributed by atoms with van der Waals surface area (Å²) in [6.45, 7) is 3.66. The number of rotatable bonds is 3. The predicted molar refractivity (Wildman–Crippen MR) is 87.4 cm³/mol. The molecule has 6 nitrogen and oxygen atoms in total. The average molecular weight is 329 g/mol. The van der Waals surface area contributed by atoms with Gasteiger partial charge < -0.3 is 14.5 Å². The summed E-state index contributed by atoms with van der Waals surface area (Å²) in [5, 5.41) is 0. The molecule has 3 aliphatic heterocycles. The van der Waals surface area contributed by atoms with Crippen molar-refractivity contribution < 1.29 is 14.3 Å². The van der Waals surface area contributed by atoms with Crippen molar-refractivity contribution in [3.63, 3.8) is 0 Å². The summed E-state index contributed by atoms with van der Waals surface area (Å²) in [6, 6.07) is 5.36. The second-order valence-electron chi connectivity index (χ2n) is 7.23. The summed E-state index contributed by atoms with van der Waals surface area (Å²) in [4.78, 5) is 32.5. The SMILES string of the molecule is O=C(CC1COC2(C1)CN(C(=O)c1ccccn1)C2)N1CCCC1. The van der Waals surface area contributed by atoms with Crippen LogP contribution in [0.25, 0.3) is 0 Å². The van der Waals surface area contributed by atoms with Gasteiger partial charge in [0.25, 0.3) is 5.91 Å². The Morgan fingerprint density at radius 2 is 2.00 bits per heavy atom. The van der Waals surface area contributed by atoms with Crippen molar-refractivity contribution in [2.24, 2.45) is 5.92 Å². The molecular formula is C18H23N3O3. The van der Waals surface area contributed by atoms with Gasteiger partial charge >= 0.3 is 0 Å². The number of aromatic nitrogens is 1. The third-order valence-electron chi connectivity index (χ3n) is 5.34. The van der Waals surface area contributed by atoms with Crippen LogP contribution in [0.5, 0.6) is 0 Å². The van der Waals surface area contributed by atoms with E-state index in [4.69, 9.17) is 4.74 Å². The smallest absolute Gasteiger partial charge is 0.272 e. The molecule has 1 atom stereocenters. The maximum Gasteiger partial charge on any atom is 0.272 e. The molecule has 0 aliphatic carbocycles. The first-order chi connectivity index (χ1) is 11.7. The lowest BCUT2D eigenvalue weighted by Gasteiger charge is -2.47. The van der Waals surface area contributed by atoms with Crippen molar-refractivity contribution in [3.8, 4) is 0 Å². The molecule has 1 aromatic heterocycles. The Bertz CT molecular complexity index is 622. The maximum atomic E-state index is 12.3. The molecular weight excluding hydrogens is 306 g/mol. The second kappa shape index (κ2) is 6.16. The molecule has 0 radical (unpaired) electrons. The Labute approximate surface area is 141 Å². The van der Waals surface area contributed by atoms with Gasteiger partial charge in [-0.15, -0.1) is 0 Å². The van der Waals surface area contributed by atoms with Crippen LogP contribution in [-0.4, -0.2) is 65.0 Å². The molecule has 1 spiro atoms. The number of carbonyl (C=O) groups is 2. The van der Waals surface area contributed by atoms with Gasteiger partial charge in [-0.25, -0.2) is 0 Å². The fourth-order valence-electron chi connectivity index (χ4n) is 4.08. The highest BCUT2D eigenvalue weighted by molar-refractivity contribution is 5.93. The van der Waals surface area contributed by atoms with Crippen LogP contribution in [0.3, 0.4) is 0 Å². The minimum atomic E-state index is -0.236. The Morgan fingerprint density at radius 1 is 1.21 bits per heavy atom. The molecule has 3 fully saturated rings. The molecule has 0 bridgehead atoms. The highest BCUT2D eigenvalue weighted by Crippen LogP contribution is 2.39. The Hall–Kier alpha value is -1.95. The zero-order chi connectivity index (χ0) is 16.6. The Kier molecular flexibility index (Phi) is 4.00. The van der Waals surface area contributed by atoms with Crippen molar-refractivity contribution >= 4 is 11.8 Å². The highest BCUT2D eigenvalue weighted by atomic mass is 16.5. The molecule has 0 saturated carbocycles. The fraction of sp³-hybridized carbons (Fsp3) is 0.611. The minimum absolute atomic E-state index is 0.0404. The van der Waals surface area contributed by atoms with Crippen LogP contribution in [-0.2, 0) is 9.53 Å². The predicted octanol–water partition coefficient (Wildman–Crippen LogP) is 1.33. The normalized spacial score (nSPS) is 25.1. The van der Waals surface area contributed by atoms with Gasteiger partial charge in [0.2, 0.25) is 5.91 Å². The molecule has 0 N–H and O–H groups in total. The third-order valence-corrected chi connectivity index (χ3v) is 5.34. The number of ether oxygens (including phenoxy) is 1. The van der Waals surface area contributed by atoms with Gasteiger partial charge in [0.15, 0.2) is 0 Å². The number of likely N-dealkylation sites (tertiary alicyclic amines) is 2. The number of pyridine rings is 1. The lowest BCUT2D eigenvalue weighted by atomic mass is 9.85. The van der Waals surface area contributed by atoms with Gasteiger partial charge in [-0.1, -0.05) is 6.07 Å². The van der Waals surface area contributed by atoms with Gasteiger partial charge in [-0.2, -0.15) is 0 Å². The van der Waals surface area contributed by atoms with E-state index in [1.165, 1.54) is 0 Å². The fourth-order valence-corrected chi connectivity index (χ4v) is 4.08. The minimum Gasteiger partial charge on any atom is -0.371 e. The average Bonchev–Trinajstić information content (AvgIpc) is 3.23. The molecule has 0 aromatic carbocycles. The number of nitrogens with zero attached hydrogens (tertiary/aromatic N) is 3. The summed E-state index contributed by atoms with van der Waals surface area (Å²) >= 11 is 0. The van der Waals surface area contributed by atoms with E-state index >= 15 is 0 Å². The van der Waals surface area contributed by atoms with Crippen molar-refractivity contribution in [1.29, 1.82) is 0 Å². The van der Waals surface area contributed by atoms with Crippen LogP contribution < -0.4 is 0 Å². The number of carbonyl (C=O) groups excluding carboxylic acids is 2. The van der Waals surface area contributed by atoms with Crippen molar-refractivity contribution in [3.05, 3.63) is 30.1 Å². The van der Waals surface area contributed by atoms with Crippen molar-refractivity contribution in [1.82, 2.24) is 14.8 Å². The first-order valence-electron chi connectivity index (χ1n) is 8.77. The van der Waals surface area contributed by atoms with E-state index < -0.39 is 0 Å². The zero-order valence-electron chi connectivity index (χ0n) is 13.8. The van der Waals surface area contributed by atoms with Crippen LogP contribution in [0.2, 0.25) is 0 Å². The van der Waals surface area contributed by atoms with E-state index in [0.29, 0.717) is 31.8 Å². The second-order valence-corrected chi connectivity index (χ2v) is 7.23. The summed E-state index contributed by atoms with van der Waals surface area (Å²) in [7, 11) is 0. The van der Waals surface area contributed by atoms with E-state index in [0.717, 1.165) is 32.4 Å². The quantitative estimate of drug-likeness (QED) is 0.839. The summed E-state index contributed by atoms with van der Waals surface area (Å²) in [6.07, 6.45) is 5.34. The zero-order valence-corrected chi connectivity index (χ0v) is 13.8. The summed E-state index contributed by atoms with van der Waals surface area (Å²) < 4.78 is 5.98. The van der Waals surface area contributed by atoms with Gasteiger partial charge in [0.1, 0.15) is 11.3 Å². The molecule has 3 saturated heterocycles. The van der Waals surface area contributed by atoms with E-state index in [1.54, 1.807) is 23.2 Å². The molecule has 1 unspecified atom stereocenters. The summed E-state index contributed by atoms with van der Waals surface area (Å²) in [5.74, 6) is 0.505. The Balaban J connectivity index is 1.28. The number of hydrogen-bond acceptors (Lipinski definition) is 4. The first kappa shape index (κ1) is 15.6. The van der Waals surface area contributed by atoms with E-state index in [-0.39, 0.29) is 23.3 Å². The molecule has 2 amide bonds. The molecule has 1 aromatic rings. The molecule has 6 heteroatoms. The molecule has 3 aliphatic rings. The highest BCUT2D eigenvalue weighted by Gasteiger charge is 2.51. The van der Waals surface area contributed by atoms with E-state index in [2.05, 4.69) is 4.98 Å². The van der Waals surface area contributed by atoms with Gasteiger partial charge in [-0.3, -0.25) is 14.6 Å². The lowest BCUT2D eigenvalue weighted by Crippen LogP contribution is -2.63. The lowest BCUT2D eigenvalue weighted by molar-refractivity contribution is -0.131. The van der Waals surface area contributed by atoms with Crippen LogP contribution >= 0.6 is 0 Å². The van der Waals surface area contributed by atoms with Crippen LogP contribution in [0.15, 0.2) is 24.4 Å². The standard InChI is InChI=1S/C18H23N3O3/c22-16(20-7-3-4-8-20)9-14-10-18(24-11-14)12-21(13-18)17(23)15-5-1-2-6-19-15/h1-2,5-6,14H,3-4,7-13H2. The van der Waals surface area contributed by atoms with Gasteiger partial charge in [-0.05, 0) is 37.3 Å². The van der Waals surface area contributed by atoms with Crippen molar-refractivity contribution in [2.75, 3.05) is 32.8 Å². The van der Waals surface area contributed by atoms with E-state index in [9.17, 15) is 9.59 Å².